The average Bonchev–Trinajstić information content (AvgIpc) is 2.81. The predicted molar refractivity (Wildman–Crippen MR) is 93.8 cm³/mol. The van der Waals surface area contributed by atoms with Crippen molar-refractivity contribution in [3.63, 3.8) is 0 Å². The van der Waals surface area contributed by atoms with Crippen LogP contribution in [0.5, 0.6) is 0 Å². The normalized spacial score (nSPS) is 13.7. The van der Waals surface area contributed by atoms with Crippen LogP contribution in [0.4, 0.5) is 5.69 Å². The molecule has 0 fully saturated rings. The molecule has 0 radical (unpaired) electrons. The van der Waals surface area contributed by atoms with Crippen molar-refractivity contribution in [2.24, 2.45) is 0 Å². The topological polar surface area (TPSA) is 50.3 Å². The number of nitrogens with zero attached hydrogens (tertiary/aromatic N) is 2. The van der Waals surface area contributed by atoms with Crippen LogP contribution in [0.1, 0.15) is 32.0 Å². The summed E-state index contributed by atoms with van der Waals surface area (Å²) in [5.74, 6) is -0.663. The van der Waals surface area contributed by atoms with Crippen LogP contribution in [0.2, 0.25) is 5.02 Å². The molecule has 2 aromatic carbocycles. The highest BCUT2D eigenvalue weighted by molar-refractivity contribution is 6.38. The van der Waals surface area contributed by atoms with E-state index in [1.807, 2.05) is 25.1 Å². The molecular weight excluding hydrogens is 324 g/mol. The summed E-state index contributed by atoms with van der Waals surface area (Å²) in [5.41, 5.74) is 3.62. The Morgan fingerprint density at radius 2 is 1.58 bits per heavy atom. The molecule has 1 aliphatic rings. The number of anilines is 1. The number of aromatic nitrogens is 1. The van der Waals surface area contributed by atoms with Crippen molar-refractivity contribution < 1.29 is 9.59 Å². The van der Waals surface area contributed by atoms with Crippen LogP contribution in [-0.4, -0.2) is 16.8 Å². The van der Waals surface area contributed by atoms with Crippen LogP contribution in [0, 0.1) is 13.8 Å². The first-order valence-corrected chi connectivity index (χ1v) is 7.90. The second kappa shape index (κ2) is 5.14. The van der Waals surface area contributed by atoms with Gasteiger partial charge < -0.3 is 0 Å². The minimum Gasteiger partial charge on any atom is -0.268 e. The molecule has 1 aromatic heterocycles. The summed E-state index contributed by atoms with van der Waals surface area (Å²) in [5, 5.41) is 1.26. The number of hydrogen-bond donors (Lipinski definition) is 0. The number of aryl methyl sites for hydroxylation is 2. The molecule has 4 rings (SSSR count). The van der Waals surface area contributed by atoms with Gasteiger partial charge in [0.2, 0.25) is 0 Å². The summed E-state index contributed by atoms with van der Waals surface area (Å²) in [6.45, 7) is 3.71. The SMILES string of the molecule is Cc1ccc2nc(C)c3c(c2c1)C(=O)N(c1ccc(Cl)cc1)C3=O. The molecule has 2 amide bonds. The van der Waals surface area contributed by atoms with Crippen LogP contribution in [0.25, 0.3) is 10.9 Å². The fraction of sp³-hybridized carbons (Fsp3) is 0.105. The van der Waals surface area contributed by atoms with Crippen LogP contribution in [-0.2, 0) is 0 Å². The van der Waals surface area contributed by atoms with Gasteiger partial charge in [-0.2, -0.15) is 0 Å². The predicted octanol–water partition coefficient (Wildman–Crippen LogP) is 4.31. The summed E-state index contributed by atoms with van der Waals surface area (Å²) in [6, 6.07) is 12.4. The van der Waals surface area contributed by atoms with Gasteiger partial charge in [-0.3, -0.25) is 14.6 Å². The van der Waals surface area contributed by atoms with Gasteiger partial charge in [0.05, 0.1) is 28.0 Å². The van der Waals surface area contributed by atoms with E-state index in [0.717, 1.165) is 11.1 Å². The number of imide groups is 1. The van der Waals surface area contributed by atoms with Gasteiger partial charge in [0.1, 0.15) is 0 Å². The van der Waals surface area contributed by atoms with Crippen molar-refractivity contribution in [3.8, 4) is 0 Å². The van der Waals surface area contributed by atoms with Gasteiger partial charge in [0.25, 0.3) is 11.8 Å². The molecule has 0 bridgehead atoms. The van der Waals surface area contributed by atoms with E-state index in [1.54, 1.807) is 31.2 Å². The lowest BCUT2D eigenvalue weighted by Crippen LogP contribution is -2.29. The molecule has 0 saturated carbocycles. The molecule has 0 aliphatic carbocycles. The molecule has 24 heavy (non-hydrogen) atoms. The van der Waals surface area contributed by atoms with Crippen molar-refractivity contribution in [1.82, 2.24) is 4.98 Å². The second-order valence-corrected chi connectivity index (χ2v) is 6.33. The summed E-state index contributed by atoms with van der Waals surface area (Å²) in [6.07, 6.45) is 0. The molecule has 1 aliphatic heterocycles. The summed E-state index contributed by atoms with van der Waals surface area (Å²) < 4.78 is 0. The minimum atomic E-state index is -0.342. The summed E-state index contributed by atoms with van der Waals surface area (Å²) in [4.78, 5) is 31.6. The van der Waals surface area contributed by atoms with Gasteiger partial charge in [-0.25, -0.2) is 4.90 Å². The third-order valence-corrected chi connectivity index (χ3v) is 4.49. The van der Waals surface area contributed by atoms with E-state index < -0.39 is 0 Å². The van der Waals surface area contributed by atoms with Crippen LogP contribution < -0.4 is 4.90 Å². The molecule has 0 atom stereocenters. The Labute approximate surface area is 143 Å². The largest absolute Gasteiger partial charge is 0.268 e. The fourth-order valence-corrected chi connectivity index (χ4v) is 3.25. The summed E-state index contributed by atoms with van der Waals surface area (Å²) in [7, 11) is 0. The average molecular weight is 337 g/mol. The maximum absolute atomic E-state index is 13.0. The lowest BCUT2D eigenvalue weighted by atomic mass is 10.0. The smallest absolute Gasteiger partial charge is 0.268 e. The number of pyridine rings is 1. The fourth-order valence-electron chi connectivity index (χ4n) is 3.12. The van der Waals surface area contributed by atoms with Crippen LogP contribution >= 0.6 is 11.6 Å². The number of rotatable bonds is 1. The zero-order chi connectivity index (χ0) is 17.0. The Kier molecular flexibility index (Phi) is 3.18. The summed E-state index contributed by atoms with van der Waals surface area (Å²) >= 11 is 5.90. The molecule has 0 spiro atoms. The highest BCUT2D eigenvalue weighted by Gasteiger charge is 2.40. The Bertz CT molecular complexity index is 1030. The van der Waals surface area contributed by atoms with Gasteiger partial charge in [0, 0.05) is 10.4 Å². The molecule has 0 saturated heterocycles. The quantitative estimate of drug-likeness (QED) is 0.622. The van der Waals surface area contributed by atoms with E-state index in [2.05, 4.69) is 4.98 Å². The first kappa shape index (κ1) is 14.8. The maximum Gasteiger partial charge on any atom is 0.268 e. The van der Waals surface area contributed by atoms with E-state index in [1.165, 1.54) is 4.90 Å². The molecule has 2 heterocycles. The van der Waals surface area contributed by atoms with E-state index in [-0.39, 0.29) is 11.8 Å². The number of benzene rings is 2. The molecule has 5 heteroatoms. The third kappa shape index (κ3) is 2.03. The Balaban J connectivity index is 1.98. The molecule has 0 unspecified atom stereocenters. The number of hydrogen-bond acceptors (Lipinski definition) is 3. The lowest BCUT2D eigenvalue weighted by molar-refractivity contribution is 0.0926. The van der Waals surface area contributed by atoms with Gasteiger partial charge in [-0.05, 0) is 50.2 Å². The molecule has 4 nitrogen and oxygen atoms in total. The molecular formula is C19H13ClN2O2. The van der Waals surface area contributed by atoms with Crippen molar-refractivity contribution in [3.05, 3.63) is 69.9 Å². The number of fused-ring (bicyclic) bond motifs is 3. The zero-order valence-electron chi connectivity index (χ0n) is 13.1. The van der Waals surface area contributed by atoms with Crippen molar-refractivity contribution >= 4 is 40.0 Å². The van der Waals surface area contributed by atoms with Crippen LogP contribution in [0.3, 0.4) is 0 Å². The van der Waals surface area contributed by atoms with E-state index in [9.17, 15) is 9.59 Å². The van der Waals surface area contributed by atoms with Crippen molar-refractivity contribution in [2.75, 3.05) is 4.90 Å². The molecule has 118 valence electrons. The third-order valence-electron chi connectivity index (χ3n) is 4.24. The van der Waals surface area contributed by atoms with E-state index in [0.29, 0.717) is 32.9 Å². The second-order valence-electron chi connectivity index (χ2n) is 5.89. The Hall–Kier alpha value is -2.72. The monoisotopic (exact) mass is 336 g/mol. The van der Waals surface area contributed by atoms with Gasteiger partial charge in [0.15, 0.2) is 0 Å². The zero-order valence-corrected chi connectivity index (χ0v) is 13.9. The number of halogens is 1. The first-order valence-electron chi connectivity index (χ1n) is 7.52. The number of amides is 2. The van der Waals surface area contributed by atoms with Gasteiger partial charge in [-0.15, -0.1) is 0 Å². The highest BCUT2D eigenvalue weighted by atomic mass is 35.5. The Morgan fingerprint density at radius 1 is 0.917 bits per heavy atom. The minimum absolute atomic E-state index is 0.321. The number of carbonyl (C=O) groups is 2. The maximum atomic E-state index is 13.0. The van der Waals surface area contributed by atoms with Gasteiger partial charge >= 0.3 is 0 Å². The molecule has 0 N–H and O–H groups in total. The van der Waals surface area contributed by atoms with Crippen molar-refractivity contribution in [2.45, 2.75) is 13.8 Å². The van der Waals surface area contributed by atoms with E-state index in [4.69, 9.17) is 11.6 Å². The highest BCUT2D eigenvalue weighted by Crippen LogP contribution is 2.34. The van der Waals surface area contributed by atoms with Crippen LogP contribution in [0.15, 0.2) is 42.5 Å². The van der Waals surface area contributed by atoms with E-state index >= 15 is 0 Å². The number of carbonyl (C=O) groups excluding carboxylic acids is 2. The first-order chi connectivity index (χ1) is 11.5. The van der Waals surface area contributed by atoms with Crippen molar-refractivity contribution in [1.29, 1.82) is 0 Å². The van der Waals surface area contributed by atoms with Gasteiger partial charge in [-0.1, -0.05) is 23.2 Å². The molecule has 3 aromatic rings. The Morgan fingerprint density at radius 3 is 2.29 bits per heavy atom. The lowest BCUT2D eigenvalue weighted by Gasteiger charge is -2.13. The standard InChI is InChI=1S/C19H13ClN2O2/c1-10-3-8-15-14(9-10)17-16(11(2)21-15)18(23)22(19(17)24)13-6-4-12(20)5-7-13/h3-9H,1-2H3.